The third-order valence-electron chi connectivity index (χ3n) is 2.72. The average Bonchev–Trinajstić information content (AvgIpc) is 2.26. The van der Waals surface area contributed by atoms with Gasteiger partial charge in [0.05, 0.1) is 15.4 Å². The van der Waals surface area contributed by atoms with Crippen LogP contribution in [0.5, 0.6) is 0 Å². The van der Waals surface area contributed by atoms with Gasteiger partial charge in [0.15, 0.2) is 0 Å². The fourth-order valence-corrected chi connectivity index (χ4v) is 3.43. The third-order valence-corrected chi connectivity index (χ3v) is 4.47. The molecule has 1 aromatic carbocycles. The molecule has 6 nitrogen and oxygen atoms in total. The van der Waals surface area contributed by atoms with Crippen molar-refractivity contribution >= 4 is 15.7 Å². The van der Waals surface area contributed by atoms with Crippen molar-refractivity contribution in [1.82, 2.24) is 4.72 Å². The van der Waals surface area contributed by atoms with Crippen molar-refractivity contribution in [3.05, 3.63) is 45.8 Å². The Balaban J connectivity index is 3.41. The Kier molecular flexibility index (Phi) is 4.96. The summed E-state index contributed by atoms with van der Waals surface area (Å²) in [7, 11) is -3.94. The quantitative estimate of drug-likeness (QED) is 0.377. The fourth-order valence-electron chi connectivity index (χ4n) is 1.91. The molecule has 0 unspecified atom stereocenters. The lowest BCUT2D eigenvalue weighted by molar-refractivity contribution is -0.388. The largest absolute Gasteiger partial charge is 0.309 e. The monoisotopic (exact) mass is 302 g/mol. The number of benzene rings is 1. The van der Waals surface area contributed by atoms with E-state index in [2.05, 4.69) is 11.3 Å². The first kappa shape index (κ1) is 16.3. The van der Waals surface area contributed by atoms with Gasteiger partial charge in [-0.15, -0.1) is 6.58 Å². The highest BCUT2D eigenvalue weighted by atomic mass is 32.2. The van der Waals surface area contributed by atoms with E-state index in [1.807, 2.05) is 0 Å². The molecular formula is C12H15FN2O4S. The summed E-state index contributed by atoms with van der Waals surface area (Å²) in [5, 5.41) is 10.8. The predicted molar refractivity (Wildman–Crippen MR) is 72.5 cm³/mol. The zero-order valence-electron chi connectivity index (χ0n) is 11.1. The van der Waals surface area contributed by atoms with E-state index in [9.17, 15) is 22.9 Å². The second-order valence-corrected chi connectivity index (χ2v) is 5.91. The number of nitrogens with one attached hydrogen (secondary N) is 1. The normalized spacial score (nSPS) is 11.3. The highest BCUT2D eigenvalue weighted by Gasteiger charge is 2.28. The van der Waals surface area contributed by atoms with E-state index < -0.39 is 26.5 Å². The van der Waals surface area contributed by atoms with Gasteiger partial charge in [-0.2, -0.15) is 4.39 Å². The molecule has 0 atom stereocenters. The minimum absolute atomic E-state index is 0.121. The predicted octanol–water partition coefficient (Wildman–Crippen LogP) is 2.21. The third kappa shape index (κ3) is 3.20. The number of nitro benzene ring substituents is 1. The molecule has 0 radical (unpaired) electrons. The molecule has 0 amide bonds. The summed E-state index contributed by atoms with van der Waals surface area (Å²) in [5.41, 5.74) is -0.907. The summed E-state index contributed by atoms with van der Waals surface area (Å²) in [6.07, 6.45) is 1.95. The molecule has 1 N–H and O–H groups in total. The van der Waals surface area contributed by atoms with Crippen LogP contribution in [0.2, 0.25) is 0 Å². The van der Waals surface area contributed by atoms with Crippen molar-refractivity contribution in [2.24, 2.45) is 0 Å². The van der Waals surface area contributed by atoms with Crippen molar-refractivity contribution in [3.8, 4) is 0 Å². The molecule has 20 heavy (non-hydrogen) atoms. The second kappa shape index (κ2) is 6.10. The van der Waals surface area contributed by atoms with Gasteiger partial charge in [0.1, 0.15) is 0 Å². The van der Waals surface area contributed by atoms with E-state index in [0.29, 0.717) is 6.42 Å². The van der Waals surface area contributed by atoms with Crippen molar-refractivity contribution in [2.45, 2.75) is 25.2 Å². The van der Waals surface area contributed by atoms with Crippen LogP contribution in [0.1, 0.15) is 17.5 Å². The summed E-state index contributed by atoms with van der Waals surface area (Å²) < 4.78 is 40.2. The average molecular weight is 302 g/mol. The Labute approximate surface area is 116 Å². The van der Waals surface area contributed by atoms with Gasteiger partial charge in [-0.3, -0.25) is 10.1 Å². The number of aryl methyl sites for hydroxylation is 1. The molecule has 0 aliphatic rings. The molecule has 110 valence electrons. The van der Waals surface area contributed by atoms with Crippen LogP contribution < -0.4 is 4.72 Å². The van der Waals surface area contributed by atoms with Gasteiger partial charge in [-0.1, -0.05) is 6.08 Å². The molecule has 0 bridgehead atoms. The van der Waals surface area contributed by atoms with E-state index >= 15 is 0 Å². The number of nitro groups is 1. The first-order chi connectivity index (χ1) is 9.22. The second-order valence-electron chi connectivity index (χ2n) is 4.21. The molecule has 0 fully saturated rings. The van der Waals surface area contributed by atoms with Crippen LogP contribution >= 0.6 is 0 Å². The zero-order valence-corrected chi connectivity index (χ0v) is 12.0. The number of nitrogens with zero attached hydrogens (tertiary/aromatic N) is 1. The van der Waals surface area contributed by atoms with Crippen molar-refractivity contribution in [1.29, 1.82) is 0 Å². The summed E-state index contributed by atoms with van der Waals surface area (Å²) >= 11 is 0. The number of rotatable bonds is 6. The van der Waals surface area contributed by atoms with E-state index in [1.165, 1.54) is 19.9 Å². The standard InChI is InChI=1S/C12H15FN2O4S/c1-4-5-6-14-20(18,19)12-8(2)7-10(13)11(9(12)3)15(16)17/h4,7,14H,1,5-6H2,2-3H3. The van der Waals surface area contributed by atoms with Gasteiger partial charge in [0.2, 0.25) is 15.8 Å². The number of sulfonamides is 1. The molecule has 0 heterocycles. The molecule has 1 rings (SSSR count). The number of hydrogen-bond donors (Lipinski definition) is 1. The van der Waals surface area contributed by atoms with Crippen LogP contribution in [-0.4, -0.2) is 19.9 Å². The fraction of sp³-hybridized carbons (Fsp3) is 0.333. The lowest BCUT2D eigenvalue weighted by Gasteiger charge is -2.12. The molecule has 0 spiro atoms. The van der Waals surface area contributed by atoms with Crippen molar-refractivity contribution < 1.29 is 17.7 Å². The van der Waals surface area contributed by atoms with Crippen LogP contribution in [0.15, 0.2) is 23.6 Å². The summed E-state index contributed by atoms with van der Waals surface area (Å²) in [4.78, 5) is 9.65. The number of hydrogen-bond acceptors (Lipinski definition) is 4. The molecule has 0 aliphatic heterocycles. The van der Waals surface area contributed by atoms with Gasteiger partial charge in [0.25, 0.3) is 0 Å². The van der Waals surface area contributed by atoms with Gasteiger partial charge >= 0.3 is 5.69 Å². The molecular weight excluding hydrogens is 287 g/mol. The molecule has 0 saturated carbocycles. The summed E-state index contributed by atoms with van der Waals surface area (Å²) in [6.45, 7) is 6.19. The molecule has 0 aromatic heterocycles. The van der Waals surface area contributed by atoms with Crippen LogP contribution in [0.4, 0.5) is 10.1 Å². The zero-order chi connectivity index (χ0) is 15.5. The lowest BCUT2D eigenvalue weighted by Crippen LogP contribution is -2.26. The molecule has 0 saturated heterocycles. The molecule has 8 heteroatoms. The van der Waals surface area contributed by atoms with E-state index in [4.69, 9.17) is 0 Å². The van der Waals surface area contributed by atoms with Gasteiger partial charge in [-0.25, -0.2) is 13.1 Å². The first-order valence-electron chi connectivity index (χ1n) is 5.77. The van der Waals surface area contributed by atoms with Crippen LogP contribution in [0.25, 0.3) is 0 Å². The van der Waals surface area contributed by atoms with Crippen molar-refractivity contribution in [2.75, 3.05) is 6.54 Å². The Morgan fingerprint density at radius 2 is 2.10 bits per heavy atom. The van der Waals surface area contributed by atoms with Crippen LogP contribution in [-0.2, 0) is 10.0 Å². The minimum Gasteiger partial charge on any atom is -0.258 e. The maximum atomic E-state index is 13.6. The summed E-state index contributed by atoms with van der Waals surface area (Å²) in [5.74, 6) is -1.05. The maximum Gasteiger partial charge on any atom is 0.309 e. The minimum atomic E-state index is -3.94. The van der Waals surface area contributed by atoms with Crippen LogP contribution in [0, 0.1) is 29.8 Å². The van der Waals surface area contributed by atoms with Gasteiger partial charge in [-0.05, 0) is 31.9 Å². The molecule has 0 aliphatic carbocycles. The molecule has 1 aromatic rings. The highest BCUT2D eigenvalue weighted by molar-refractivity contribution is 7.89. The maximum absolute atomic E-state index is 13.6. The van der Waals surface area contributed by atoms with E-state index in [1.54, 1.807) is 0 Å². The van der Waals surface area contributed by atoms with Crippen molar-refractivity contribution in [3.63, 3.8) is 0 Å². The van der Waals surface area contributed by atoms with Gasteiger partial charge < -0.3 is 0 Å². The highest BCUT2D eigenvalue weighted by Crippen LogP contribution is 2.30. The van der Waals surface area contributed by atoms with E-state index in [-0.39, 0.29) is 22.6 Å². The van der Waals surface area contributed by atoms with Crippen LogP contribution in [0.3, 0.4) is 0 Å². The SMILES string of the molecule is C=CCCNS(=O)(=O)c1c(C)cc(F)c([N+](=O)[O-])c1C. The first-order valence-corrected chi connectivity index (χ1v) is 7.25. The Bertz CT molecular complexity index is 656. The topological polar surface area (TPSA) is 89.3 Å². The summed E-state index contributed by atoms with van der Waals surface area (Å²) in [6, 6.07) is 0.854. The number of halogens is 1. The Hall–Kier alpha value is -1.80. The Morgan fingerprint density at radius 1 is 1.50 bits per heavy atom. The van der Waals surface area contributed by atoms with E-state index in [0.717, 1.165) is 6.07 Å². The lowest BCUT2D eigenvalue weighted by atomic mass is 10.1. The smallest absolute Gasteiger partial charge is 0.258 e. The Morgan fingerprint density at radius 3 is 2.60 bits per heavy atom. The van der Waals surface area contributed by atoms with Gasteiger partial charge in [0, 0.05) is 6.54 Å².